The molecule has 3 heterocycles. The standard InChI is InChI=1S/C14H23N3S/c1-11-16-12(10-18-11)9-17-8-3-2-6-14(17)13-5-4-7-15-13/h10,13-15H,2-9H2,1H3. The van der Waals surface area contributed by atoms with Gasteiger partial charge in [0.15, 0.2) is 0 Å². The summed E-state index contributed by atoms with van der Waals surface area (Å²) in [6, 6.07) is 1.47. The van der Waals surface area contributed by atoms with Gasteiger partial charge in [-0.1, -0.05) is 6.42 Å². The van der Waals surface area contributed by atoms with Crippen LogP contribution >= 0.6 is 11.3 Å². The SMILES string of the molecule is Cc1nc(CN2CCCCC2C2CCCN2)cs1. The first-order chi connectivity index (χ1) is 8.83. The van der Waals surface area contributed by atoms with E-state index in [1.54, 1.807) is 11.3 Å². The van der Waals surface area contributed by atoms with Crippen molar-refractivity contribution in [2.24, 2.45) is 0 Å². The number of rotatable bonds is 3. The average Bonchev–Trinajstić information content (AvgIpc) is 3.02. The third kappa shape index (κ3) is 2.76. The highest BCUT2D eigenvalue weighted by molar-refractivity contribution is 7.09. The summed E-state index contributed by atoms with van der Waals surface area (Å²) in [7, 11) is 0. The van der Waals surface area contributed by atoms with Crippen LogP contribution in [-0.2, 0) is 6.54 Å². The van der Waals surface area contributed by atoms with Crippen molar-refractivity contribution in [1.82, 2.24) is 15.2 Å². The molecule has 0 spiro atoms. The van der Waals surface area contributed by atoms with Crippen LogP contribution < -0.4 is 5.32 Å². The van der Waals surface area contributed by atoms with Crippen molar-refractivity contribution in [2.45, 2.75) is 57.7 Å². The van der Waals surface area contributed by atoms with E-state index in [0.29, 0.717) is 0 Å². The van der Waals surface area contributed by atoms with Gasteiger partial charge in [0.1, 0.15) is 0 Å². The molecule has 0 bridgehead atoms. The van der Waals surface area contributed by atoms with Crippen molar-refractivity contribution in [3.05, 3.63) is 16.1 Å². The molecule has 1 N–H and O–H groups in total. The lowest BCUT2D eigenvalue weighted by molar-refractivity contribution is 0.111. The van der Waals surface area contributed by atoms with Gasteiger partial charge in [-0.25, -0.2) is 4.98 Å². The highest BCUT2D eigenvalue weighted by atomic mass is 32.1. The first-order valence-electron chi connectivity index (χ1n) is 7.21. The van der Waals surface area contributed by atoms with Crippen molar-refractivity contribution in [2.75, 3.05) is 13.1 Å². The Labute approximate surface area is 114 Å². The normalized spacial score (nSPS) is 29.8. The van der Waals surface area contributed by atoms with Gasteiger partial charge in [0.2, 0.25) is 0 Å². The monoisotopic (exact) mass is 265 g/mol. The van der Waals surface area contributed by atoms with Crippen molar-refractivity contribution < 1.29 is 0 Å². The van der Waals surface area contributed by atoms with E-state index in [4.69, 9.17) is 0 Å². The molecule has 3 rings (SSSR count). The molecule has 0 aromatic carbocycles. The predicted octanol–water partition coefficient (Wildman–Crippen LogP) is 2.56. The lowest BCUT2D eigenvalue weighted by atomic mass is 9.94. The number of hydrogen-bond acceptors (Lipinski definition) is 4. The maximum atomic E-state index is 4.62. The van der Waals surface area contributed by atoms with Crippen LogP contribution in [0.2, 0.25) is 0 Å². The molecule has 2 aliphatic rings. The molecule has 0 aliphatic carbocycles. The zero-order valence-corrected chi connectivity index (χ0v) is 12.0. The van der Waals surface area contributed by atoms with Crippen LogP contribution in [0.15, 0.2) is 5.38 Å². The van der Waals surface area contributed by atoms with Crippen molar-refractivity contribution in [3.63, 3.8) is 0 Å². The second-order valence-electron chi connectivity index (χ2n) is 5.59. The molecule has 18 heavy (non-hydrogen) atoms. The first-order valence-corrected chi connectivity index (χ1v) is 8.09. The Morgan fingerprint density at radius 1 is 1.39 bits per heavy atom. The molecule has 1 aromatic rings. The molecule has 0 radical (unpaired) electrons. The molecule has 1 aromatic heterocycles. The van der Waals surface area contributed by atoms with Crippen molar-refractivity contribution in [1.29, 1.82) is 0 Å². The quantitative estimate of drug-likeness (QED) is 0.910. The number of aromatic nitrogens is 1. The number of hydrogen-bond donors (Lipinski definition) is 1. The molecule has 2 aliphatic heterocycles. The van der Waals surface area contributed by atoms with Gasteiger partial charge in [-0.15, -0.1) is 11.3 Å². The largest absolute Gasteiger partial charge is 0.312 e. The molecule has 0 saturated carbocycles. The third-order valence-electron chi connectivity index (χ3n) is 4.26. The summed E-state index contributed by atoms with van der Waals surface area (Å²) in [5.41, 5.74) is 1.27. The van der Waals surface area contributed by atoms with Gasteiger partial charge in [-0.2, -0.15) is 0 Å². The minimum atomic E-state index is 0.727. The van der Waals surface area contributed by atoms with Crippen molar-refractivity contribution in [3.8, 4) is 0 Å². The second-order valence-corrected chi connectivity index (χ2v) is 6.66. The summed E-state index contributed by atoms with van der Waals surface area (Å²) in [5.74, 6) is 0. The molecular formula is C14H23N3S. The van der Waals surface area contributed by atoms with E-state index in [1.165, 1.54) is 55.9 Å². The number of aryl methyl sites for hydroxylation is 1. The van der Waals surface area contributed by atoms with Gasteiger partial charge in [-0.3, -0.25) is 4.90 Å². The van der Waals surface area contributed by atoms with Gasteiger partial charge >= 0.3 is 0 Å². The Balaban J connectivity index is 1.67. The lowest BCUT2D eigenvalue weighted by Crippen LogP contribution is -2.49. The van der Waals surface area contributed by atoms with Crippen LogP contribution in [0, 0.1) is 6.92 Å². The number of nitrogens with zero attached hydrogens (tertiary/aromatic N) is 2. The smallest absolute Gasteiger partial charge is 0.0897 e. The average molecular weight is 265 g/mol. The van der Waals surface area contributed by atoms with E-state index in [9.17, 15) is 0 Å². The maximum absolute atomic E-state index is 4.62. The maximum Gasteiger partial charge on any atom is 0.0897 e. The zero-order valence-electron chi connectivity index (χ0n) is 11.2. The fraction of sp³-hybridized carbons (Fsp3) is 0.786. The predicted molar refractivity (Wildman–Crippen MR) is 75.9 cm³/mol. The highest BCUT2D eigenvalue weighted by Gasteiger charge is 2.31. The number of nitrogens with one attached hydrogen (secondary N) is 1. The molecule has 4 heteroatoms. The van der Waals surface area contributed by atoms with E-state index in [2.05, 4.69) is 27.5 Å². The number of likely N-dealkylation sites (tertiary alicyclic amines) is 1. The van der Waals surface area contributed by atoms with Gasteiger partial charge in [0, 0.05) is 24.0 Å². The van der Waals surface area contributed by atoms with E-state index in [1.807, 2.05) is 0 Å². The molecule has 2 unspecified atom stereocenters. The van der Waals surface area contributed by atoms with Crippen LogP contribution in [0.5, 0.6) is 0 Å². The minimum absolute atomic E-state index is 0.727. The molecular weight excluding hydrogens is 242 g/mol. The van der Waals surface area contributed by atoms with Gasteiger partial charge < -0.3 is 5.32 Å². The van der Waals surface area contributed by atoms with E-state index >= 15 is 0 Å². The molecule has 0 amide bonds. The van der Waals surface area contributed by atoms with Crippen LogP contribution in [-0.4, -0.2) is 35.1 Å². The van der Waals surface area contributed by atoms with Gasteiger partial charge in [-0.05, 0) is 45.7 Å². The number of thiazole rings is 1. The summed E-state index contributed by atoms with van der Waals surface area (Å²) < 4.78 is 0. The lowest BCUT2D eigenvalue weighted by Gasteiger charge is -2.39. The summed E-state index contributed by atoms with van der Waals surface area (Å²) in [6.07, 6.45) is 6.82. The van der Waals surface area contributed by atoms with Crippen LogP contribution in [0.3, 0.4) is 0 Å². The Morgan fingerprint density at radius 2 is 2.33 bits per heavy atom. The Kier molecular flexibility index (Phi) is 3.97. The number of piperidine rings is 1. The second kappa shape index (κ2) is 5.68. The van der Waals surface area contributed by atoms with Crippen LogP contribution in [0.25, 0.3) is 0 Å². The molecule has 3 nitrogen and oxygen atoms in total. The molecule has 2 fully saturated rings. The van der Waals surface area contributed by atoms with E-state index < -0.39 is 0 Å². The van der Waals surface area contributed by atoms with Gasteiger partial charge in [0.05, 0.1) is 10.7 Å². The molecule has 2 saturated heterocycles. The fourth-order valence-electron chi connectivity index (χ4n) is 3.40. The van der Waals surface area contributed by atoms with E-state index in [0.717, 1.165) is 18.6 Å². The van der Waals surface area contributed by atoms with Crippen LogP contribution in [0.4, 0.5) is 0 Å². The fourth-order valence-corrected chi connectivity index (χ4v) is 4.00. The zero-order chi connectivity index (χ0) is 12.4. The highest BCUT2D eigenvalue weighted by Crippen LogP contribution is 2.26. The summed E-state index contributed by atoms with van der Waals surface area (Å²) in [4.78, 5) is 7.29. The van der Waals surface area contributed by atoms with E-state index in [-0.39, 0.29) is 0 Å². The minimum Gasteiger partial charge on any atom is -0.312 e. The summed E-state index contributed by atoms with van der Waals surface area (Å²) >= 11 is 1.77. The third-order valence-corrected chi connectivity index (χ3v) is 5.08. The topological polar surface area (TPSA) is 28.2 Å². The van der Waals surface area contributed by atoms with Crippen LogP contribution in [0.1, 0.15) is 42.8 Å². The first kappa shape index (κ1) is 12.6. The van der Waals surface area contributed by atoms with Gasteiger partial charge in [0.25, 0.3) is 0 Å². The Bertz CT molecular complexity index is 384. The molecule has 100 valence electrons. The molecule has 2 atom stereocenters. The Hall–Kier alpha value is -0.450. The summed E-state index contributed by atoms with van der Waals surface area (Å²) in [5, 5.41) is 7.11. The van der Waals surface area contributed by atoms with Crippen molar-refractivity contribution >= 4 is 11.3 Å². The Morgan fingerprint density at radius 3 is 3.06 bits per heavy atom. The summed E-state index contributed by atoms with van der Waals surface area (Å²) in [6.45, 7) is 5.61.